The van der Waals surface area contributed by atoms with E-state index >= 15 is 0 Å². The zero-order valence-electron chi connectivity index (χ0n) is 11.4. The summed E-state index contributed by atoms with van der Waals surface area (Å²) in [5.74, 6) is -0.775. The molecule has 1 N–H and O–H groups in total. The first-order valence-corrected chi connectivity index (χ1v) is 8.30. The minimum absolute atomic E-state index is 0.0223. The highest BCUT2D eigenvalue weighted by molar-refractivity contribution is 7.10. The number of aryl methyl sites for hydroxylation is 1. The van der Waals surface area contributed by atoms with Gasteiger partial charge in [-0.05, 0) is 37.3 Å². The van der Waals surface area contributed by atoms with E-state index in [0.717, 1.165) is 29.2 Å². The minimum atomic E-state index is -0.775. The van der Waals surface area contributed by atoms with Gasteiger partial charge >= 0.3 is 5.97 Å². The largest absolute Gasteiger partial charge is 0.480 e. The molecule has 2 atom stereocenters. The average molecular weight is 308 g/mol. The summed E-state index contributed by atoms with van der Waals surface area (Å²) in [5.41, 5.74) is 1.92. The molecule has 2 aromatic heterocycles. The van der Waals surface area contributed by atoms with Crippen LogP contribution < -0.4 is 0 Å². The Balaban J connectivity index is 1.95. The van der Waals surface area contributed by atoms with Crippen molar-refractivity contribution >= 4 is 28.6 Å². The number of hydrogen-bond acceptors (Lipinski definition) is 5. The molecule has 3 rings (SSSR count). The summed E-state index contributed by atoms with van der Waals surface area (Å²) in [4.78, 5) is 19.5. The molecule has 3 heterocycles. The molecule has 0 amide bonds. The Morgan fingerprint density at radius 3 is 3.00 bits per heavy atom. The summed E-state index contributed by atoms with van der Waals surface area (Å²) in [5, 5.41) is 14.7. The quantitative estimate of drug-likeness (QED) is 0.945. The maximum absolute atomic E-state index is 11.7. The molecule has 0 bridgehead atoms. The molecule has 2 aromatic rings. The fraction of sp³-hybridized carbons (Fsp3) is 0.429. The van der Waals surface area contributed by atoms with Crippen molar-refractivity contribution in [2.45, 2.75) is 32.4 Å². The molecule has 20 heavy (non-hydrogen) atoms. The molecule has 0 radical (unpaired) electrons. The topological polar surface area (TPSA) is 53.4 Å². The number of fused-ring (bicyclic) bond motifs is 1. The molecule has 0 aliphatic carbocycles. The number of carboxylic acid groups (broad SMARTS) is 1. The van der Waals surface area contributed by atoms with Crippen LogP contribution in [0.3, 0.4) is 0 Å². The standard InChI is InChI=1S/C14H16N2O2S2/c1-8(11-7-20-9(2)15-11)16-5-3-12-10(4-6-19-12)13(16)14(17)18/h4,6-8,13H,3,5H2,1-2H3,(H,17,18). The lowest BCUT2D eigenvalue weighted by Gasteiger charge is -2.36. The maximum Gasteiger partial charge on any atom is 0.325 e. The van der Waals surface area contributed by atoms with Crippen molar-refractivity contribution < 1.29 is 9.90 Å². The normalized spacial score (nSPS) is 20.6. The van der Waals surface area contributed by atoms with E-state index in [1.165, 1.54) is 4.88 Å². The van der Waals surface area contributed by atoms with Crippen molar-refractivity contribution in [3.8, 4) is 0 Å². The van der Waals surface area contributed by atoms with E-state index in [4.69, 9.17) is 0 Å². The van der Waals surface area contributed by atoms with Crippen LogP contribution in [0.2, 0.25) is 0 Å². The van der Waals surface area contributed by atoms with Gasteiger partial charge in [-0.15, -0.1) is 22.7 Å². The molecular formula is C14H16N2O2S2. The third kappa shape index (κ3) is 2.28. The van der Waals surface area contributed by atoms with Gasteiger partial charge in [-0.3, -0.25) is 9.69 Å². The molecule has 4 nitrogen and oxygen atoms in total. The van der Waals surface area contributed by atoms with Crippen LogP contribution in [0.4, 0.5) is 0 Å². The molecule has 0 aromatic carbocycles. The Kier molecular flexibility index (Phi) is 3.62. The molecule has 0 saturated heterocycles. The van der Waals surface area contributed by atoms with Crippen molar-refractivity contribution in [2.75, 3.05) is 6.54 Å². The Labute approximate surface area is 125 Å². The monoisotopic (exact) mass is 308 g/mol. The van der Waals surface area contributed by atoms with Crippen LogP contribution in [-0.4, -0.2) is 27.5 Å². The van der Waals surface area contributed by atoms with E-state index in [9.17, 15) is 9.90 Å². The van der Waals surface area contributed by atoms with Crippen molar-refractivity contribution in [3.05, 3.63) is 38.0 Å². The second-order valence-corrected chi connectivity index (χ2v) is 7.06. The van der Waals surface area contributed by atoms with E-state index in [-0.39, 0.29) is 6.04 Å². The number of thiophene rings is 1. The van der Waals surface area contributed by atoms with Gasteiger partial charge in [-0.1, -0.05) is 0 Å². The Hall–Kier alpha value is -1.24. The van der Waals surface area contributed by atoms with Gasteiger partial charge in [0, 0.05) is 16.8 Å². The van der Waals surface area contributed by atoms with Gasteiger partial charge in [0.05, 0.1) is 16.7 Å². The van der Waals surface area contributed by atoms with E-state index in [1.54, 1.807) is 22.7 Å². The van der Waals surface area contributed by atoms with Gasteiger partial charge in [0.2, 0.25) is 0 Å². The number of aliphatic carboxylic acids is 1. The molecule has 0 fully saturated rings. The molecule has 106 valence electrons. The van der Waals surface area contributed by atoms with Gasteiger partial charge in [-0.2, -0.15) is 0 Å². The van der Waals surface area contributed by atoms with Crippen LogP contribution in [0.1, 0.15) is 40.1 Å². The molecule has 6 heteroatoms. The zero-order valence-corrected chi connectivity index (χ0v) is 13.0. The van der Waals surface area contributed by atoms with Crippen molar-refractivity contribution in [1.82, 2.24) is 9.88 Å². The molecule has 0 spiro atoms. The lowest BCUT2D eigenvalue weighted by atomic mass is 9.97. The first-order chi connectivity index (χ1) is 9.58. The summed E-state index contributed by atoms with van der Waals surface area (Å²) in [6.45, 7) is 4.78. The average Bonchev–Trinajstić information content (AvgIpc) is 3.04. The number of thiazole rings is 1. The van der Waals surface area contributed by atoms with E-state index < -0.39 is 12.0 Å². The van der Waals surface area contributed by atoms with Crippen LogP contribution in [0.5, 0.6) is 0 Å². The summed E-state index contributed by atoms with van der Waals surface area (Å²) in [7, 11) is 0. The molecule has 1 aliphatic rings. The maximum atomic E-state index is 11.7. The minimum Gasteiger partial charge on any atom is -0.480 e. The number of rotatable bonds is 3. The highest BCUT2D eigenvalue weighted by Gasteiger charge is 2.37. The third-order valence-electron chi connectivity index (χ3n) is 3.80. The van der Waals surface area contributed by atoms with Gasteiger partial charge in [-0.25, -0.2) is 4.98 Å². The first kappa shape index (κ1) is 13.7. The van der Waals surface area contributed by atoms with Gasteiger partial charge in [0.25, 0.3) is 0 Å². The van der Waals surface area contributed by atoms with Crippen LogP contribution in [-0.2, 0) is 11.2 Å². The van der Waals surface area contributed by atoms with E-state index in [1.807, 2.05) is 35.6 Å². The fourth-order valence-electron chi connectivity index (χ4n) is 2.77. The Morgan fingerprint density at radius 1 is 1.55 bits per heavy atom. The predicted molar refractivity (Wildman–Crippen MR) is 80.4 cm³/mol. The first-order valence-electron chi connectivity index (χ1n) is 6.54. The highest BCUT2D eigenvalue weighted by Crippen LogP contribution is 2.38. The highest BCUT2D eigenvalue weighted by atomic mass is 32.1. The lowest BCUT2D eigenvalue weighted by molar-refractivity contribution is -0.145. The van der Waals surface area contributed by atoms with Crippen molar-refractivity contribution in [3.63, 3.8) is 0 Å². The SMILES string of the molecule is Cc1nc(C(C)N2CCc3sccc3C2C(=O)O)cs1. The summed E-state index contributed by atoms with van der Waals surface area (Å²) in [6, 6.07) is 1.42. The van der Waals surface area contributed by atoms with E-state index in [0.29, 0.717) is 0 Å². The summed E-state index contributed by atoms with van der Waals surface area (Å²) < 4.78 is 0. The summed E-state index contributed by atoms with van der Waals surface area (Å²) >= 11 is 3.27. The van der Waals surface area contributed by atoms with Crippen molar-refractivity contribution in [2.24, 2.45) is 0 Å². The Bertz CT molecular complexity index is 635. The summed E-state index contributed by atoms with van der Waals surface area (Å²) in [6.07, 6.45) is 0.921. The molecular weight excluding hydrogens is 292 g/mol. The van der Waals surface area contributed by atoms with Crippen molar-refractivity contribution in [1.29, 1.82) is 0 Å². The van der Waals surface area contributed by atoms with Gasteiger partial charge < -0.3 is 5.11 Å². The van der Waals surface area contributed by atoms with Crippen LogP contribution >= 0.6 is 22.7 Å². The number of hydrogen-bond donors (Lipinski definition) is 1. The smallest absolute Gasteiger partial charge is 0.325 e. The number of carboxylic acids is 1. The Morgan fingerprint density at radius 2 is 2.35 bits per heavy atom. The molecule has 1 aliphatic heterocycles. The zero-order chi connectivity index (χ0) is 14.3. The predicted octanol–water partition coefficient (Wildman–Crippen LogP) is 3.26. The van der Waals surface area contributed by atoms with Gasteiger partial charge in [0.1, 0.15) is 6.04 Å². The van der Waals surface area contributed by atoms with Crippen LogP contribution in [0.25, 0.3) is 0 Å². The van der Waals surface area contributed by atoms with Crippen LogP contribution in [0, 0.1) is 6.92 Å². The molecule has 0 saturated carbocycles. The second-order valence-electron chi connectivity index (χ2n) is 5.00. The fourth-order valence-corrected chi connectivity index (χ4v) is 4.37. The number of nitrogens with zero attached hydrogens (tertiary/aromatic N) is 2. The third-order valence-corrected chi connectivity index (χ3v) is 5.59. The lowest BCUT2D eigenvalue weighted by Crippen LogP contribution is -2.40. The number of carbonyl (C=O) groups is 1. The van der Waals surface area contributed by atoms with Crippen LogP contribution in [0.15, 0.2) is 16.8 Å². The molecule has 2 unspecified atom stereocenters. The second kappa shape index (κ2) is 5.27. The van der Waals surface area contributed by atoms with Gasteiger partial charge in [0.15, 0.2) is 0 Å². The van der Waals surface area contributed by atoms with E-state index in [2.05, 4.69) is 4.98 Å². The number of aromatic nitrogens is 1.